The van der Waals surface area contributed by atoms with E-state index in [2.05, 4.69) is 22.8 Å². The summed E-state index contributed by atoms with van der Waals surface area (Å²) in [6.07, 6.45) is 2.85. The normalized spacial score (nSPS) is 14.4. The van der Waals surface area contributed by atoms with Crippen molar-refractivity contribution < 1.29 is 5.21 Å². The summed E-state index contributed by atoms with van der Waals surface area (Å²) in [5.74, 6) is 0. The maximum absolute atomic E-state index is 11.6. The highest BCUT2D eigenvalue weighted by molar-refractivity contribution is 7.79. The summed E-state index contributed by atoms with van der Waals surface area (Å²) >= 11 is 4.25. The molecule has 1 unspecified atom stereocenters. The maximum atomic E-state index is 11.6. The number of aromatic nitrogens is 3. The Morgan fingerprint density at radius 3 is 2.74 bits per heavy atom. The van der Waals surface area contributed by atoms with Gasteiger partial charge in [0.05, 0.1) is 17.9 Å². The molecular weight excluding hydrogens is 264 g/mol. The van der Waals surface area contributed by atoms with Crippen LogP contribution in [-0.2, 0) is 0 Å². The zero-order chi connectivity index (χ0) is 13.5. The van der Waals surface area contributed by atoms with Crippen molar-refractivity contribution in [3.8, 4) is 0 Å². The molecular formula is C12H11N4O2S+. The SMILES string of the molecule is O=c1[nH]cnc2c1ccn2[N+](O)(S)c1ccccc1. The number of thiol groups is 1. The summed E-state index contributed by atoms with van der Waals surface area (Å²) in [4.78, 5) is 18.2. The van der Waals surface area contributed by atoms with Crippen molar-refractivity contribution in [3.63, 3.8) is 0 Å². The molecule has 2 N–H and O–H groups in total. The Morgan fingerprint density at radius 1 is 1.26 bits per heavy atom. The first-order valence-corrected chi connectivity index (χ1v) is 5.96. The molecule has 0 amide bonds. The van der Waals surface area contributed by atoms with Gasteiger partial charge in [-0.15, -0.1) is 4.68 Å². The number of hydrogen-bond acceptors (Lipinski definition) is 4. The molecule has 0 aliphatic heterocycles. The number of rotatable bonds is 2. The quantitative estimate of drug-likeness (QED) is 0.379. The summed E-state index contributed by atoms with van der Waals surface area (Å²) in [5, 5.41) is 10.9. The molecule has 19 heavy (non-hydrogen) atoms. The molecule has 0 radical (unpaired) electrons. The summed E-state index contributed by atoms with van der Waals surface area (Å²) < 4.78 is 0.559. The minimum absolute atomic E-state index is 0.259. The predicted octanol–water partition coefficient (Wildman–Crippen LogP) is 1.73. The predicted molar refractivity (Wildman–Crippen MR) is 74.8 cm³/mol. The van der Waals surface area contributed by atoms with E-state index in [0.29, 0.717) is 16.7 Å². The molecule has 0 aliphatic carbocycles. The number of aromatic amines is 1. The average molecular weight is 275 g/mol. The lowest BCUT2D eigenvalue weighted by Gasteiger charge is -2.22. The first-order valence-electron chi connectivity index (χ1n) is 5.56. The number of benzene rings is 1. The van der Waals surface area contributed by atoms with Crippen molar-refractivity contribution >= 4 is 29.5 Å². The molecule has 6 nitrogen and oxygen atoms in total. The molecule has 7 heteroatoms. The summed E-state index contributed by atoms with van der Waals surface area (Å²) in [7, 11) is 0. The van der Waals surface area contributed by atoms with Crippen LogP contribution in [0.2, 0.25) is 0 Å². The van der Waals surface area contributed by atoms with E-state index < -0.39 is 4.16 Å². The number of H-pyrrole nitrogens is 1. The number of nitrogens with one attached hydrogen (secondary N) is 1. The molecule has 0 saturated heterocycles. The van der Waals surface area contributed by atoms with Gasteiger partial charge in [0.15, 0.2) is 0 Å². The van der Waals surface area contributed by atoms with Gasteiger partial charge in [-0.1, -0.05) is 18.2 Å². The number of quaternary nitrogens is 1. The van der Waals surface area contributed by atoms with Crippen molar-refractivity contribution in [2.75, 3.05) is 0 Å². The van der Waals surface area contributed by atoms with E-state index >= 15 is 0 Å². The molecule has 3 aromatic rings. The van der Waals surface area contributed by atoms with Gasteiger partial charge in [0, 0.05) is 16.3 Å². The molecule has 1 aromatic carbocycles. The minimum Gasteiger partial charge on any atom is -0.313 e. The topological polar surface area (TPSA) is 70.9 Å². The Balaban J connectivity index is 2.25. The largest absolute Gasteiger partial charge is 0.313 e. The average Bonchev–Trinajstić information content (AvgIpc) is 2.86. The Morgan fingerprint density at radius 2 is 2.00 bits per heavy atom. The third-order valence-electron chi connectivity index (χ3n) is 2.87. The molecule has 0 saturated carbocycles. The van der Waals surface area contributed by atoms with E-state index in [-0.39, 0.29) is 5.56 Å². The van der Waals surface area contributed by atoms with Gasteiger partial charge in [-0.05, 0) is 6.07 Å². The molecule has 2 heterocycles. The van der Waals surface area contributed by atoms with Crippen molar-refractivity contribution in [3.05, 3.63) is 59.3 Å². The van der Waals surface area contributed by atoms with Gasteiger partial charge in [-0.2, -0.15) is 5.21 Å². The number of fused-ring (bicyclic) bond motifs is 1. The Bertz CT molecular complexity index is 779. The second kappa shape index (κ2) is 4.23. The first kappa shape index (κ1) is 12.0. The Labute approximate surface area is 113 Å². The molecule has 0 bridgehead atoms. The van der Waals surface area contributed by atoms with Crippen LogP contribution in [0.3, 0.4) is 0 Å². The highest BCUT2D eigenvalue weighted by atomic mass is 32.1. The zero-order valence-corrected chi connectivity index (χ0v) is 10.7. The second-order valence-corrected chi connectivity index (χ2v) is 4.59. The highest BCUT2D eigenvalue weighted by Crippen LogP contribution is 2.26. The Kier molecular flexibility index (Phi) is 2.67. The van der Waals surface area contributed by atoms with Crippen LogP contribution in [0.4, 0.5) is 5.69 Å². The van der Waals surface area contributed by atoms with Gasteiger partial charge in [-0.3, -0.25) is 4.79 Å². The molecule has 0 fully saturated rings. The van der Waals surface area contributed by atoms with E-state index in [9.17, 15) is 10.0 Å². The molecule has 96 valence electrons. The summed E-state index contributed by atoms with van der Waals surface area (Å²) in [5.41, 5.74) is 0.626. The van der Waals surface area contributed by atoms with Gasteiger partial charge >= 0.3 is 0 Å². The van der Waals surface area contributed by atoms with Crippen LogP contribution in [0.15, 0.2) is 53.7 Å². The van der Waals surface area contributed by atoms with E-state index in [1.165, 1.54) is 11.0 Å². The molecule has 0 spiro atoms. The van der Waals surface area contributed by atoms with Crippen LogP contribution in [0.1, 0.15) is 0 Å². The highest BCUT2D eigenvalue weighted by Gasteiger charge is 2.30. The summed E-state index contributed by atoms with van der Waals surface area (Å²) in [6.45, 7) is 0. The van der Waals surface area contributed by atoms with Gasteiger partial charge in [0.1, 0.15) is 12.8 Å². The molecule has 0 aliphatic rings. The standard InChI is InChI=1S/C12H10N4O2S/c17-12-10-6-7-15(11(10)13-8-14-12)16(18,19)9-4-2-1-3-5-9/h1-8,18-19H/p+1. The van der Waals surface area contributed by atoms with Crippen molar-refractivity contribution in [1.82, 2.24) is 18.8 Å². The number of para-hydroxylation sites is 1. The maximum Gasteiger partial charge on any atom is 0.260 e. The third-order valence-corrected chi connectivity index (χ3v) is 3.29. The molecule has 3 rings (SSSR count). The van der Waals surface area contributed by atoms with Crippen LogP contribution < -0.4 is 9.72 Å². The van der Waals surface area contributed by atoms with E-state index in [1.807, 2.05) is 6.07 Å². The number of nitrogens with zero attached hydrogens (tertiary/aromatic N) is 3. The van der Waals surface area contributed by atoms with Crippen LogP contribution in [0.5, 0.6) is 0 Å². The van der Waals surface area contributed by atoms with Crippen LogP contribution in [0, 0.1) is 0 Å². The van der Waals surface area contributed by atoms with Gasteiger partial charge in [-0.25, -0.2) is 4.98 Å². The monoisotopic (exact) mass is 275 g/mol. The van der Waals surface area contributed by atoms with Crippen molar-refractivity contribution in [1.29, 1.82) is 0 Å². The lowest BCUT2D eigenvalue weighted by molar-refractivity contribution is -0.0114. The van der Waals surface area contributed by atoms with E-state index in [1.54, 1.807) is 36.5 Å². The second-order valence-electron chi connectivity index (χ2n) is 4.03. The fourth-order valence-corrected chi connectivity index (χ4v) is 2.20. The zero-order valence-electron chi connectivity index (χ0n) is 9.76. The lowest BCUT2D eigenvalue weighted by Crippen LogP contribution is -2.40. The number of hydrogen-bond donors (Lipinski definition) is 3. The first-order chi connectivity index (χ1) is 9.10. The van der Waals surface area contributed by atoms with Crippen molar-refractivity contribution in [2.24, 2.45) is 0 Å². The van der Waals surface area contributed by atoms with Gasteiger partial charge in [0.25, 0.3) is 5.56 Å². The van der Waals surface area contributed by atoms with Crippen LogP contribution in [-0.4, -0.2) is 19.9 Å². The molecule has 2 aromatic heterocycles. The lowest BCUT2D eigenvalue weighted by atomic mass is 10.3. The van der Waals surface area contributed by atoms with Gasteiger partial charge in [0.2, 0.25) is 11.3 Å². The van der Waals surface area contributed by atoms with E-state index in [4.69, 9.17) is 0 Å². The minimum atomic E-state index is -0.833. The molecule has 1 atom stereocenters. The van der Waals surface area contributed by atoms with Crippen molar-refractivity contribution in [2.45, 2.75) is 0 Å². The third kappa shape index (κ3) is 1.84. The van der Waals surface area contributed by atoms with Crippen LogP contribution >= 0.6 is 12.8 Å². The van der Waals surface area contributed by atoms with Gasteiger partial charge < -0.3 is 4.98 Å². The fourth-order valence-electron chi connectivity index (χ4n) is 1.93. The van der Waals surface area contributed by atoms with E-state index in [0.717, 1.165) is 0 Å². The van der Waals surface area contributed by atoms with Crippen LogP contribution in [0.25, 0.3) is 11.0 Å². The summed E-state index contributed by atoms with van der Waals surface area (Å²) in [6, 6.07) is 10.5. The Hall–Kier alpha value is -2.09. The smallest absolute Gasteiger partial charge is 0.260 e. The fraction of sp³-hybridized carbons (Fsp3) is 0.